The maximum atomic E-state index is 13.4. The Morgan fingerprint density at radius 2 is 1.58 bits per heavy atom. The highest BCUT2D eigenvalue weighted by Crippen LogP contribution is 2.34. The van der Waals surface area contributed by atoms with Gasteiger partial charge in [-0.1, -0.05) is 0 Å². The second-order valence-corrected chi connectivity index (χ2v) is 6.30. The summed E-state index contributed by atoms with van der Waals surface area (Å²) >= 11 is 0. The maximum absolute atomic E-state index is 13.4. The van der Waals surface area contributed by atoms with E-state index >= 15 is 0 Å². The van der Waals surface area contributed by atoms with Gasteiger partial charge in [-0.15, -0.1) is 5.10 Å². The molecule has 4 rings (SSSR count). The van der Waals surface area contributed by atoms with Crippen molar-refractivity contribution < 1.29 is 23.0 Å². The van der Waals surface area contributed by atoms with E-state index in [0.717, 1.165) is 18.2 Å². The van der Waals surface area contributed by atoms with Crippen LogP contribution in [-0.4, -0.2) is 34.4 Å². The second kappa shape index (κ2) is 8.66. The molecule has 0 saturated carbocycles. The minimum Gasteiger partial charge on any atom is -0.496 e. The first kappa shape index (κ1) is 20.1. The van der Waals surface area contributed by atoms with Crippen LogP contribution in [0.25, 0.3) is 11.4 Å². The fraction of sp³-hybridized carbons (Fsp3) is 0.0952. The van der Waals surface area contributed by atoms with E-state index in [1.54, 1.807) is 36.5 Å². The Morgan fingerprint density at radius 3 is 2.26 bits per heavy atom. The van der Waals surface area contributed by atoms with Crippen molar-refractivity contribution in [3.8, 4) is 34.5 Å². The fourth-order valence-electron chi connectivity index (χ4n) is 2.80. The lowest BCUT2D eigenvalue weighted by Crippen LogP contribution is -1.95. The summed E-state index contributed by atoms with van der Waals surface area (Å²) in [5.41, 5.74) is 0.699. The van der Waals surface area contributed by atoms with E-state index in [1.165, 1.54) is 14.2 Å². The summed E-state index contributed by atoms with van der Waals surface area (Å²) in [7, 11) is 3.08. The number of rotatable bonds is 7. The Morgan fingerprint density at radius 1 is 0.903 bits per heavy atom. The van der Waals surface area contributed by atoms with Crippen LogP contribution in [-0.2, 0) is 0 Å². The molecule has 0 bridgehead atoms. The zero-order valence-corrected chi connectivity index (χ0v) is 16.5. The van der Waals surface area contributed by atoms with E-state index < -0.39 is 11.6 Å². The highest BCUT2D eigenvalue weighted by atomic mass is 19.1. The number of aromatic amines is 1. The topological polar surface area (TPSA) is 94.2 Å². The van der Waals surface area contributed by atoms with E-state index in [-0.39, 0.29) is 17.5 Å². The van der Waals surface area contributed by atoms with Gasteiger partial charge in [-0.25, -0.2) is 13.8 Å². The van der Waals surface area contributed by atoms with Crippen molar-refractivity contribution in [3.63, 3.8) is 0 Å². The van der Waals surface area contributed by atoms with Crippen molar-refractivity contribution in [1.29, 1.82) is 0 Å². The Bertz CT molecular complexity index is 1170. The number of aromatic nitrogens is 4. The van der Waals surface area contributed by atoms with Crippen molar-refractivity contribution in [2.45, 2.75) is 0 Å². The van der Waals surface area contributed by atoms with Crippen LogP contribution in [0.1, 0.15) is 0 Å². The molecule has 10 heteroatoms. The lowest BCUT2D eigenvalue weighted by Gasteiger charge is -2.11. The number of anilines is 2. The van der Waals surface area contributed by atoms with E-state index in [9.17, 15) is 8.78 Å². The molecule has 0 atom stereocenters. The molecule has 2 heterocycles. The molecule has 0 fully saturated rings. The van der Waals surface area contributed by atoms with Crippen LogP contribution in [0.15, 0.2) is 54.7 Å². The van der Waals surface area contributed by atoms with Crippen LogP contribution in [0, 0.1) is 11.6 Å². The van der Waals surface area contributed by atoms with Gasteiger partial charge in [-0.3, -0.25) is 5.10 Å². The van der Waals surface area contributed by atoms with E-state index in [0.29, 0.717) is 28.6 Å². The first-order valence-electron chi connectivity index (χ1n) is 9.06. The molecule has 0 radical (unpaired) electrons. The molecule has 2 N–H and O–H groups in total. The molecule has 0 aliphatic heterocycles. The summed E-state index contributed by atoms with van der Waals surface area (Å²) in [6.45, 7) is 0. The predicted octanol–water partition coefficient (Wildman–Crippen LogP) is 4.70. The van der Waals surface area contributed by atoms with Crippen LogP contribution in [0.2, 0.25) is 0 Å². The molecule has 0 amide bonds. The molecule has 2 aromatic carbocycles. The number of methoxy groups -OCH3 is 2. The summed E-state index contributed by atoms with van der Waals surface area (Å²) in [6.07, 6.45) is 1.57. The number of benzene rings is 2. The second-order valence-electron chi connectivity index (χ2n) is 6.30. The molecule has 0 saturated heterocycles. The summed E-state index contributed by atoms with van der Waals surface area (Å²) in [5.74, 6) is 0.863. The average molecular weight is 425 g/mol. The number of hydrogen-bond donors (Lipinski definition) is 2. The minimum absolute atomic E-state index is 0.123. The van der Waals surface area contributed by atoms with Crippen molar-refractivity contribution in [2.24, 2.45) is 0 Å². The van der Waals surface area contributed by atoms with Crippen molar-refractivity contribution in [2.75, 3.05) is 19.5 Å². The molecule has 0 spiro atoms. The van der Waals surface area contributed by atoms with Crippen LogP contribution >= 0.6 is 0 Å². The van der Waals surface area contributed by atoms with Crippen molar-refractivity contribution in [3.05, 3.63) is 66.4 Å². The number of halogens is 2. The molecular weight excluding hydrogens is 408 g/mol. The van der Waals surface area contributed by atoms with Gasteiger partial charge < -0.3 is 19.5 Å². The summed E-state index contributed by atoms with van der Waals surface area (Å²) < 4.78 is 43.2. The quantitative estimate of drug-likeness (QED) is 0.443. The number of ether oxygens (including phenoxy) is 3. The van der Waals surface area contributed by atoms with Gasteiger partial charge in [0.05, 0.1) is 19.8 Å². The SMILES string of the molecule is COc1cc(OC)cc(Oc2ncccc2-c2nc(Nc3cc(F)cc(F)c3)n[nH]2)c1. The minimum atomic E-state index is -0.713. The zero-order valence-electron chi connectivity index (χ0n) is 16.5. The Balaban J connectivity index is 1.61. The Labute approximate surface area is 175 Å². The van der Waals surface area contributed by atoms with Gasteiger partial charge in [0.2, 0.25) is 11.8 Å². The Hall–Kier alpha value is -4.21. The number of hydrogen-bond acceptors (Lipinski definition) is 7. The van der Waals surface area contributed by atoms with Gasteiger partial charge in [0.15, 0.2) is 5.82 Å². The first-order valence-corrected chi connectivity index (χ1v) is 9.06. The zero-order chi connectivity index (χ0) is 21.8. The van der Waals surface area contributed by atoms with E-state index in [1.807, 2.05) is 0 Å². The summed E-state index contributed by atoms with van der Waals surface area (Å²) in [5, 5.41) is 9.54. The number of pyridine rings is 1. The Kier molecular flexibility index (Phi) is 5.61. The number of H-pyrrole nitrogens is 1. The molecule has 158 valence electrons. The summed E-state index contributed by atoms with van der Waals surface area (Å²) in [6, 6.07) is 11.6. The smallest absolute Gasteiger partial charge is 0.246 e. The lowest BCUT2D eigenvalue weighted by atomic mass is 10.2. The van der Waals surface area contributed by atoms with Crippen molar-refractivity contribution in [1.82, 2.24) is 20.2 Å². The highest BCUT2D eigenvalue weighted by molar-refractivity contribution is 5.64. The fourth-order valence-corrected chi connectivity index (χ4v) is 2.80. The predicted molar refractivity (Wildman–Crippen MR) is 109 cm³/mol. The summed E-state index contributed by atoms with van der Waals surface area (Å²) in [4.78, 5) is 8.58. The van der Waals surface area contributed by atoms with Crippen LogP contribution in [0.4, 0.5) is 20.4 Å². The number of nitrogens with zero attached hydrogens (tertiary/aromatic N) is 3. The third kappa shape index (κ3) is 4.69. The molecular formula is C21H17F2N5O3. The third-order valence-electron chi connectivity index (χ3n) is 4.17. The molecule has 0 unspecified atom stereocenters. The van der Waals surface area contributed by atoms with Gasteiger partial charge in [-0.2, -0.15) is 4.98 Å². The molecule has 0 aliphatic rings. The molecule has 8 nitrogen and oxygen atoms in total. The maximum Gasteiger partial charge on any atom is 0.246 e. The largest absolute Gasteiger partial charge is 0.496 e. The number of nitrogens with one attached hydrogen (secondary N) is 2. The molecule has 0 aliphatic carbocycles. The van der Waals surface area contributed by atoms with Crippen LogP contribution < -0.4 is 19.5 Å². The van der Waals surface area contributed by atoms with Crippen LogP contribution in [0.3, 0.4) is 0 Å². The standard InChI is InChI=1S/C21H17F2N5O3/c1-29-15-9-16(30-2)11-17(10-15)31-20-18(4-3-5-24-20)19-26-21(28-27-19)25-14-7-12(22)6-13(23)8-14/h3-11H,1-2H3,(H2,25,26,27,28). The van der Waals surface area contributed by atoms with Crippen molar-refractivity contribution >= 4 is 11.6 Å². The highest BCUT2D eigenvalue weighted by Gasteiger charge is 2.15. The average Bonchev–Trinajstić information content (AvgIpc) is 3.21. The molecule has 4 aromatic rings. The van der Waals surface area contributed by atoms with Crippen LogP contribution in [0.5, 0.6) is 23.1 Å². The monoisotopic (exact) mass is 425 g/mol. The van der Waals surface area contributed by atoms with Gasteiger partial charge in [0.1, 0.15) is 28.9 Å². The lowest BCUT2D eigenvalue weighted by molar-refractivity contribution is 0.385. The van der Waals surface area contributed by atoms with Gasteiger partial charge in [0, 0.05) is 36.1 Å². The van der Waals surface area contributed by atoms with E-state index in [2.05, 4.69) is 25.5 Å². The van der Waals surface area contributed by atoms with Gasteiger partial charge in [-0.05, 0) is 24.3 Å². The molecule has 2 aromatic heterocycles. The van der Waals surface area contributed by atoms with Gasteiger partial charge in [0.25, 0.3) is 0 Å². The third-order valence-corrected chi connectivity index (χ3v) is 4.17. The normalized spacial score (nSPS) is 10.6. The first-order chi connectivity index (χ1) is 15.0. The van der Waals surface area contributed by atoms with E-state index in [4.69, 9.17) is 14.2 Å². The van der Waals surface area contributed by atoms with Gasteiger partial charge >= 0.3 is 0 Å². The molecule has 31 heavy (non-hydrogen) atoms.